The maximum Gasteiger partial charge on any atom is 0.268 e. The van der Waals surface area contributed by atoms with Gasteiger partial charge in [-0.05, 0) is 35.4 Å². The molecule has 0 bridgehead atoms. The number of aromatic nitrogens is 1. The molecule has 3 aromatic rings. The van der Waals surface area contributed by atoms with E-state index in [0.29, 0.717) is 22.1 Å². The summed E-state index contributed by atoms with van der Waals surface area (Å²) in [5.74, 6) is -0.347. The van der Waals surface area contributed by atoms with Crippen LogP contribution in [0.3, 0.4) is 0 Å². The van der Waals surface area contributed by atoms with Crippen LogP contribution in [-0.2, 0) is 11.2 Å². The molecular weight excluding hydrogens is 410 g/mol. The van der Waals surface area contributed by atoms with E-state index < -0.39 is 5.91 Å². The molecule has 0 aliphatic carbocycles. The highest BCUT2D eigenvalue weighted by Gasteiger charge is 2.13. The zero-order valence-electron chi connectivity index (χ0n) is 15.3. The van der Waals surface area contributed by atoms with Gasteiger partial charge in [0.25, 0.3) is 5.91 Å². The second kappa shape index (κ2) is 9.24. The number of aromatic hydroxyl groups is 1. The van der Waals surface area contributed by atoms with Crippen molar-refractivity contribution in [1.82, 2.24) is 4.98 Å². The van der Waals surface area contributed by atoms with Crippen LogP contribution in [0.4, 0.5) is 5.13 Å². The van der Waals surface area contributed by atoms with Gasteiger partial charge < -0.3 is 9.84 Å². The number of carbonyl (C=O) groups excluding carboxylic acids is 1. The number of nitrogens with one attached hydrogen (secondary N) is 1. The molecule has 0 saturated heterocycles. The Balaban J connectivity index is 1.73. The van der Waals surface area contributed by atoms with Crippen LogP contribution in [0.15, 0.2) is 54.2 Å². The molecule has 1 aromatic heterocycles. The Hall–Kier alpha value is -3.34. The molecule has 2 aromatic carbocycles. The fourth-order valence-electron chi connectivity index (χ4n) is 2.54. The van der Waals surface area contributed by atoms with Crippen LogP contribution in [0.1, 0.15) is 16.0 Å². The van der Waals surface area contributed by atoms with Gasteiger partial charge in [0, 0.05) is 22.5 Å². The van der Waals surface area contributed by atoms with Gasteiger partial charge in [0.15, 0.2) is 16.6 Å². The molecule has 0 unspecified atom stereocenters. The third-order valence-corrected chi connectivity index (χ3v) is 5.26. The first-order valence-electron chi connectivity index (χ1n) is 8.48. The lowest BCUT2D eigenvalue weighted by molar-refractivity contribution is -0.112. The summed E-state index contributed by atoms with van der Waals surface area (Å²) in [6, 6.07) is 14.0. The SMILES string of the molecule is COc1cc(/C=C(\C#N)C(=O)Nc2ncc(Cc3ccccc3Cl)s2)ccc1O. The van der Waals surface area contributed by atoms with Gasteiger partial charge in [0.2, 0.25) is 0 Å². The molecule has 8 heteroatoms. The van der Waals surface area contributed by atoms with E-state index >= 15 is 0 Å². The highest BCUT2D eigenvalue weighted by Crippen LogP contribution is 2.28. The fraction of sp³-hybridized carbons (Fsp3) is 0.0952. The van der Waals surface area contributed by atoms with E-state index in [2.05, 4.69) is 10.3 Å². The normalized spacial score (nSPS) is 11.0. The van der Waals surface area contributed by atoms with E-state index in [1.165, 1.54) is 36.7 Å². The maximum absolute atomic E-state index is 12.5. The smallest absolute Gasteiger partial charge is 0.268 e. The molecule has 1 amide bonds. The average Bonchev–Trinajstić information content (AvgIpc) is 3.15. The van der Waals surface area contributed by atoms with E-state index in [1.54, 1.807) is 12.3 Å². The molecule has 6 nitrogen and oxygen atoms in total. The van der Waals surface area contributed by atoms with Gasteiger partial charge in [-0.3, -0.25) is 10.1 Å². The van der Waals surface area contributed by atoms with Gasteiger partial charge in [-0.1, -0.05) is 35.9 Å². The number of nitriles is 1. The largest absolute Gasteiger partial charge is 0.504 e. The van der Waals surface area contributed by atoms with E-state index in [-0.39, 0.29) is 17.1 Å². The van der Waals surface area contributed by atoms with Gasteiger partial charge in [-0.15, -0.1) is 11.3 Å². The molecule has 0 aliphatic heterocycles. The number of thiazole rings is 1. The summed E-state index contributed by atoms with van der Waals surface area (Å²) in [6.07, 6.45) is 3.68. The third-order valence-electron chi connectivity index (χ3n) is 3.98. The molecule has 3 rings (SSSR count). The van der Waals surface area contributed by atoms with Crippen LogP contribution in [-0.4, -0.2) is 23.1 Å². The Kier molecular flexibility index (Phi) is 6.50. The number of amides is 1. The zero-order valence-corrected chi connectivity index (χ0v) is 16.9. The molecule has 1 heterocycles. The lowest BCUT2D eigenvalue weighted by Crippen LogP contribution is -2.13. The summed E-state index contributed by atoms with van der Waals surface area (Å²) in [4.78, 5) is 17.6. The summed E-state index contributed by atoms with van der Waals surface area (Å²) in [7, 11) is 1.42. The van der Waals surface area contributed by atoms with Gasteiger partial charge in [0.1, 0.15) is 11.6 Å². The van der Waals surface area contributed by atoms with E-state index in [1.807, 2.05) is 30.3 Å². The number of phenols is 1. The van der Waals surface area contributed by atoms with Crippen molar-refractivity contribution >= 4 is 40.1 Å². The molecule has 0 radical (unpaired) electrons. The summed E-state index contributed by atoms with van der Waals surface area (Å²) in [5, 5.41) is 22.7. The lowest BCUT2D eigenvalue weighted by Gasteiger charge is -2.04. The van der Waals surface area contributed by atoms with Crippen molar-refractivity contribution in [2.24, 2.45) is 0 Å². The number of nitrogens with zero attached hydrogens (tertiary/aromatic N) is 2. The maximum atomic E-state index is 12.5. The number of halogens is 1. The second-order valence-corrected chi connectivity index (χ2v) is 7.48. The number of rotatable bonds is 6. The number of hydrogen-bond acceptors (Lipinski definition) is 6. The number of hydrogen-bond donors (Lipinski definition) is 2. The molecule has 0 saturated carbocycles. The number of anilines is 1. The Morgan fingerprint density at radius 1 is 1.38 bits per heavy atom. The van der Waals surface area contributed by atoms with Crippen LogP contribution in [0, 0.1) is 11.3 Å². The van der Waals surface area contributed by atoms with Gasteiger partial charge in [0.05, 0.1) is 7.11 Å². The van der Waals surface area contributed by atoms with Crippen molar-refractivity contribution in [3.63, 3.8) is 0 Å². The first-order chi connectivity index (χ1) is 14.0. The Morgan fingerprint density at radius 3 is 2.90 bits per heavy atom. The number of carbonyl (C=O) groups is 1. The molecule has 0 fully saturated rings. The van der Waals surface area contributed by atoms with Crippen LogP contribution >= 0.6 is 22.9 Å². The summed E-state index contributed by atoms with van der Waals surface area (Å²) in [6.45, 7) is 0. The molecule has 2 N–H and O–H groups in total. The van der Waals surface area contributed by atoms with Crippen molar-refractivity contribution in [3.05, 3.63) is 75.3 Å². The Labute approximate surface area is 176 Å². The van der Waals surface area contributed by atoms with Crippen LogP contribution in [0.25, 0.3) is 6.08 Å². The first kappa shape index (κ1) is 20.4. The van der Waals surface area contributed by atoms with Crippen molar-refractivity contribution in [2.75, 3.05) is 12.4 Å². The third kappa shape index (κ3) is 5.13. The molecular formula is C21H16ClN3O3S. The van der Waals surface area contributed by atoms with E-state index in [0.717, 1.165) is 10.4 Å². The van der Waals surface area contributed by atoms with E-state index in [4.69, 9.17) is 16.3 Å². The zero-order chi connectivity index (χ0) is 20.8. The van der Waals surface area contributed by atoms with Crippen molar-refractivity contribution < 1.29 is 14.6 Å². The molecule has 0 aliphatic rings. The topological polar surface area (TPSA) is 95.2 Å². The highest BCUT2D eigenvalue weighted by atomic mass is 35.5. The minimum absolute atomic E-state index is 0.0264. The quantitative estimate of drug-likeness (QED) is 0.442. The number of phenolic OH excluding ortho intramolecular Hbond substituents is 1. The van der Waals surface area contributed by atoms with Crippen LogP contribution < -0.4 is 10.1 Å². The van der Waals surface area contributed by atoms with Crippen LogP contribution in [0.2, 0.25) is 5.02 Å². The predicted molar refractivity (Wildman–Crippen MR) is 113 cm³/mol. The summed E-state index contributed by atoms with van der Waals surface area (Å²) in [5.41, 5.74) is 1.42. The van der Waals surface area contributed by atoms with Crippen LogP contribution in [0.5, 0.6) is 11.5 Å². The molecule has 0 atom stereocenters. The standard InChI is InChI=1S/C21H16ClN3O3S/c1-28-19-9-13(6-7-18(19)26)8-15(11-23)20(27)25-21-24-12-16(29-21)10-14-4-2-3-5-17(14)22/h2-9,12,26H,10H2,1H3,(H,24,25,27)/b15-8+. The minimum atomic E-state index is -0.571. The summed E-state index contributed by atoms with van der Waals surface area (Å²) >= 11 is 7.50. The lowest BCUT2D eigenvalue weighted by atomic mass is 10.1. The van der Waals surface area contributed by atoms with Crippen molar-refractivity contribution in [2.45, 2.75) is 6.42 Å². The molecule has 146 valence electrons. The van der Waals surface area contributed by atoms with E-state index in [9.17, 15) is 15.2 Å². The van der Waals surface area contributed by atoms with Crippen molar-refractivity contribution in [1.29, 1.82) is 5.26 Å². The van der Waals surface area contributed by atoms with Gasteiger partial charge in [-0.2, -0.15) is 5.26 Å². The molecule has 29 heavy (non-hydrogen) atoms. The number of ether oxygens (including phenoxy) is 1. The summed E-state index contributed by atoms with van der Waals surface area (Å²) < 4.78 is 5.04. The van der Waals surface area contributed by atoms with Gasteiger partial charge in [-0.25, -0.2) is 4.98 Å². The predicted octanol–water partition coefficient (Wildman–Crippen LogP) is 4.65. The Bertz CT molecular complexity index is 1120. The fourth-order valence-corrected chi connectivity index (χ4v) is 3.57. The minimum Gasteiger partial charge on any atom is -0.504 e. The Morgan fingerprint density at radius 2 is 2.17 bits per heavy atom. The number of methoxy groups -OCH3 is 1. The molecule has 0 spiro atoms. The van der Waals surface area contributed by atoms with Crippen molar-refractivity contribution in [3.8, 4) is 17.6 Å². The average molecular weight is 426 g/mol. The first-order valence-corrected chi connectivity index (χ1v) is 9.68. The highest BCUT2D eigenvalue weighted by molar-refractivity contribution is 7.15. The van der Waals surface area contributed by atoms with Gasteiger partial charge >= 0.3 is 0 Å². The monoisotopic (exact) mass is 425 g/mol. The number of benzene rings is 2. The second-order valence-electron chi connectivity index (χ2n) is 5.96.